The van der Waals surface area contributed by atoms with E-state index in [0.717, 1.165) is 33.5 Å². The molecule has 42 heavy (non-hydrogen) atoms. The number of rotatable bonds is 4. The molecule has 0 aliphatic carbocycles. The van der Waals surface area contributed by atoms with Gasteiger partial charge in [0.2, 0.25) is 0 Å². The van der Waals surface area contributed by atoms with Gasteiger partial charge < -0.3 is 0 Å². The maximum Gasteiger partial charge on any atom is 0.160 e. The van der Waals surface area contributed by atoms with Crippen molar-refractivity contribution in [2.45, 2.75) is 0 Å². The molecule has 0 saturated carbocycles. The molecular formula is C40H26N2. The van der Waals surface area contributed by atoms with Crippen molar-refractivity contribution in [1.29, 1.82) is 0 Å². The van der Waals surface area contributed by atoms with E-state index in [4.69, 9.17) is 9.97 Å². The summed E-state index contributed by atoms with van der Waals surface area (Å²) in [6, 6.07) is 53.6. The fourth-order valence-electron chi connectivity index (χ4n) is 6.31. The Labute approximate surface area is 244 Å². The van der Waals surface area contributed by atoms with E-state index < -0.39 is 0 Å². The second kappa shape index (κ2) is 10.1. The predicted octanol–water partition coefficient (Wildman–Crippen LogP) is 10.6. The number of nitrogens with zero attached hydrogens (tertiary/aromatic N) is 2. The monoisotopic (exact) mass is 534 g/mol. The number of hydrogen-bond acceptors (Lipinski definition) is 2. The van der Waals surface area contributed by atoms with Crippen LogP contribution < -0.4 is 0 Å². The molecule has 0 aliphatic heterocycles. The second-order valence-electron chi connectivity index (χ2n) is 10.5. The molecule has 1 heterocycles. The van der Waals surface area contributed by atoms with Crippen molar-refractivity contribution in [2.75, 3.05) is 0 Å². The van der Waals surface area contributed by atoms with Gasteiger partial charge in [-0.1, -0.05) is 146 Å². The van der Waals surface area contributed by atoms with Crippen molar-refractivity contribution >= 4 is 32.3 Å². The third-order valence-electron chi connectivity index (χ3n) is 8.15. The number of aromatic nitrogens is 2. The van der Waals surface area contributed by atoms with E-state index in [0.29, 0.717) is 5.82 Å². The molecule has 8 rings (SSSR count). The van der Waals surface area contributed by atoms with Gasteiger partial charge in [-0.2, -0.15) is 0 Å². The number of fused-ring (bicyclic) bond motifs is 6. The Morgan fingerprint density at radius 3 is 1.55 bits per heavy atom. The molecule has 8 aromatic rings. The lowest BCUT2D eigenvalue weighted by atomic mass is 9.84. The molecule has 0 amide bonds. The van der Waals surface area contributed by atoms with Crippen LogP contribution in [0, 0.1) is 0 Å². The Morgan fingerprint density at radius 2 is 0.857 bits per heavy atom. The first kappa shape index (κ1) is 24.2. The van der Waals surface area contributed by atoms with Crippen LogP contribution in [0.15, 0.2) is 158 Å². The van der Waals surface area contributed by atoms with Gasteiger partial charge in [-0.3, -0.25) is 0 Å². The summed E-state index contributed by atoms with van der Waals surface area (Å²) in [7, 11) is 0. The van der Waals surface area contributed by atoms with E-state index >= 15 is 0 Å². The predicted molar refractivity (Wildman–Crippen MR) is 176 cm³/mol. The molecule has 7 aromatic carbocycles. The summed E-state index contributed by atoms with van der Waals surface area (Å²) in [5, 5.41) is 7.52. The summed E-state index contributed by atoms with van der Waals surface area (Å²) < 4.78 is 0. The fraction of sp³-hybridized carbons (Fsp3) is 0. The zero-order valence-corrected chi connectivity index (χ0v) is 22.9. The molecule has 0 radical (unpaired) electrons. The summed E-state index contributed by atoms with van der Waals surface area (Å²) in [5.41, 5.74) is 7.63. The molecule has 1 aromatic heterocycles. The van der Waals surface area contributed by atoms with Gasteiger partial charge in [-0.05, 0) is 55.1 Å². The topological polar surface area (TPSA) is 25.8 Å². The first-order valence-corrected chi connectivity index (χ1v) is 14.3. The highest BCUT2D eigenvalue weighted by Gasteiger charge is 2.20. The molecule has 2 nitrogen and oxygen atoms in total. The maximum absolute atomic E-state index is 5.12. The smallest absolute Gasteiger partial charge is 0.160 e. The lowest BCUT2D eigenvalue weighted by molar-refractivity contribution is 1.18. The molecule has 0 spiro atoms. The van der Waals surface area contributed by atoms with Gasteiger partial charge in [-0.25, -0.2) is 9.97 Å². The Morgan fingerprint density at radius 1 is 0.357 bits per heavy atom. The highest BCUT2D eigenvalue weighted by Crippen LogP contribution is 2.45. The molecule has 2 heteroatoms. The molecule has 0 atom stereocenters. The zero-order valence-electron chi connectivity index (χ0n) is 22.9. The standard InChI is InChI=1S/C40H26N2/c1-3-13-27(14-4-1)29-21-11-24-36(40-41-26-25-37(42-40)28-15-5-2-6-16-28)38(29)35-23-12-22-34-32-18-8-7-17-30(32)31-19-9-10-20-33(31)39(34)35/h1-26H. The van der Waals surface area contributed by atoms with Crippen LogP contribution in [0.2, 0.25) is 0 Å². The van der Waals surface area contributed by atoms with E-state index in [1.165, 1.54) is 37.9 Å². The van der Waals surface area contributed by atoms with Crippen molar-refractivity contribution in [3.8, 4) is 44.9 Å². The van der Waals surface area contributed by atoms with Crippen molar-refractivity contribution in [3.05, 3.63) is 158 Å². The Hall–Kier alpha value is -5.60. The Kier molecular flexibility index (Phi) is 5.82. The van der Waals surface area contributed by atoms with Crippen LogP contribution in [0.1, 0.15) is 0 Å². The summed E-state index contributed by atoms with van der Waals surface area (Å²) in [6.07, 6.45) is 1.87. The van der Waals surface area contributed by atoms with Crippen LogP contribution in [-0.4, -0.2) is 9.97 Å². The molecule has 0 fully saturated rings. The minimum Gasteiger partial charge on any atom is -0.237 e. The first-order valence-electron chi connectivity index (χ1n) is 14.3. The van der Waals surface area contributed by atoms with Gasteiger partial charge in [0.15, 0.2) is 5.82 Å². The van der Waals surface area contributed by atoms with Gasteiger partial charge in [0, 0.05) is 22.9 Å². The summed E-state index contributed by atoms with van der Waals surface area (Å²) in [5.74, 6) is 0.714. The van der Waals surface area contributed by atoms with E-state index in [9.17, 15) is 0 Å². The first-order chi connectivity index (χ1) is 20.9. The number of benzene rings is 7. The van der Waals surface area contributed by atoms with E-state index in [1.54, 1.807) is 0 Å². The minimum atomic E-state index is 0.714. The minimum absolute atomic E-state index is 0.714. The molecular weight excluding hydrogens is 508 g/mol. The average Bonchev–Trinajstić information content (AvgIpc) is 3.08. The van der Waals surface area contributed by atoms with Crippen LogP contribution in [0.5, 0.6) is 0 Å². The Bertz CT molecular complexity index is 2190. The second-order valence-corrected chi connectivity index (χ2v) is 10.5. The molecule has 0 unspecified atom stereocenters. The maximum atomic E-state index is 5.12. The lowest BCUT2D eigenvalue weighted by Crippen LogP contribution is -1.97. The zero-order chi connectivity index (χ0) is 27.9. The molecule has 0 N–H and O–H groups in total. The Balaban J connectivity index is 1.50. The fourth-order valence-corrected chi connectivity index (χ4v) is 6.31. The quantitative estimate of drug-likeness (QED) is 0.210. The van der Waals surface area contributed by atoms with E-state index in [2.05, 4.69) is 127 Å². The van der Waals surface area contributed by atoms with Crippen LogP contribution in [-0.2, 0) is 0 Å². The van der Waals surface area contributed by atoms with Crippen molar-refractivity contribution < 1.29 is 0 Å². The molecule has 0 aliphatic rings. The highest BCUT2D eigenvalue weighted by molar-refractivity contribution is 6.29. The lowest BCUT2D eigenvalue weighted by Gasteiger charge is -2.19. The van der Waals surface area contributed by atoms with Gasteiger partial charge in [0.25, 0.3) is 0 Å². The van der Waals surface area contributed by atoms with Crippen molar-refractivity contribution in [3.63, 3.8) is 0 Å². The molecule has 0 saturated heterocycles. The third-order valence-corrected chi connectivity index (χ3v) is 8.15. The highest BCUT2D eigenvalue weighted by atomic mass is 14.9. The van der Waals surface area contributed by atoms with Crippen LogP contribution >= 0.6 is 0 Å². The van der Waals surface area contributed by atoms with Crippen LogP contribution in [0.3, 0.4) is 0 Å². The summed E-state index contributed by atoms with van der Waals surface area (Å²) in [6.45, 7) is 0. The van der Waals surface area contributed by atoms with Crippen LogP contribution in [0.4, 0.5) is 0 Å². The van der Waals surface area contributed by atoms with E-state index in [1.807, 2.05) is 30.5 Å². The normalized spacial score (nSPS) is 11.3. The largest absolute Gasteiger partial charge is 0.237 e. The van der Waals surface area contributed by atoms with Gasteiger partial charge in [0.1, 0.15) is 0 Å². The number of hydrogen-bond donors (Lipinski definition) is 0. The van der Waals surface area contributed by atoms with Crippen LogP contribution in [0.25, 0.3) is 77.2 Å². The SMILES string of the molecule is c1ccc(-c2ccnc(-c3cccc(-c4ccccc4)c3-c3cccc4c5ccccc5c5ccccc5c34)n2)cc1. The van der Waals surface area contributed by atoms with Crippen molar-refractivity contribution in [2.24, 2.45) is 0 Å². The molecule has 196 valence electrons. The molecule has 0 bridgehead atoms. The van der Waals surface area contributed by atoms with Crippen molar-refractivity contribution in [1.82, 2.24) is 9.97 Å². The average molecular weight is 535 g/mol. The summed E-state index contributed by atoms with van der Waals surface area (Å²) >= 11 is 0. The van der Waals surface area contributed by atoms with E-state index in [-0.39, 0.29) is 0 Å². The third kappa shape index (κ3) is 3.96. The van der Waals surface area contributed by atoms with Gasteiger partial charge in [-0.15, -0.1) is 0 Å². The van der Waals surface area contributed by atoms with Gasteiger partial charge in [0.05, 0.1) is 5.69 Å². The summed E-state index contributed by atoms with van der Waals surface area (Å²) in [4.78, 5) is 9.95. The van der Waals surface area contributed by atoms with Gasteiger partial charge >= 0.3 is 0 Å².